The summed E-state index contributed by atoms with van der Waals surface area (Å²) >= 11 is 0. The minimum Gasteiger partial charge on any atom is -0.444 e. The largest absolute Gasteiger partial charge is 0.444 e. The van der Waals surface area contributed by atoms with Crippen molar-refractivity contribution in [1.29, 1.82) is 0 Å². The van der Waals surface area contributed by atoms with Crippen molar-refractivity contribution < 1.29 is 23.9 Å². The van der Waals surface area contributed by atoms with E-state index >= 15 is 0 Å². The van der Waals surface area contributed by atoms with Gasteiger partial charge in [0.25, 0.3) is 0 Å². The highest BCUT2D eigenvalue weighted by Crippen LogP contribution is 2.32. The Hall–Kier alpha value is -3.36. The number of carbonyl (C=O) groups is 4. The smallest absolute Gasteiger partial charge is 0.410 e. The average Bonchev–Trinajstić information content (AvgIpc) is 2.87. The van der Waals surface area contributed by atoms with Crippen molar-refractivity contribution in [3.8, 4) is 0 Å². The molecule has 9 nitrogen and oxygen atoms in total. The lowest BCUT2D eigenvalue weighted by molar-refractivity contribution is -0.141. The van der Waals surface area contributed by atoms with E-state index in [1.54, 1.807) is 59.8 Å². The van der Waals surface area contributed by atoms with Crippen LogP contribution in [0.15, 0.2) is 42.0 Å². The molecule has 0 saturated heterocycles. The number of rotatable bonds is 10. The molecule has 0 aliphatic rings. The van der Waals surface area contributed by atoms with Crippen LogP contribution in [-0.2, 0) is 24.5 Å². The summed E-state index contributed by atoms with van der Waals surface area (Å²) in [5.74, 6) is -1.000. The maximum absolute atomic E-state index is 14.3. The van der Waals surface area contributed by atoms with E-state index in [1.807, 2.05) is 78.8 Å². The third kappa shape index (κ3) is 9.60. The standard InChI is InChI=1S/C33H54N4O5/c1-21(2)24(20-22(3)27(38)34-12)36(13)29(40)25(31(4,5)6)35-28(39)26(37(14)30(41)42-32(7,8)9)33(10,11)23-18-16-15-17-19-23/h15-21,24-26H,1-14H3,(H,34,38)(H,35,39)/b22-20+/t24-,25-,26-/m1/s1. The van der Waals surface area contributed by atoms with Crippen molar-refractivity contribution >= 4 is 23.8 Å². The molecule has 0 aliphatic heterocycles. The summed E-state index contributed by atoms with van der Waals surface area (Å²) in [5, 5.41) is 5.63. The van der Waals surface area contributed by atoms with Crippen LogP contribution in [0.1, 0.15) is 81.7 Å². The SMILES string of the molecule is CNC(=O)/C(C)=C/[C@H](C(C)C)N(C)C(=O)[C@@H](NC(=O)[C@@H](N(C)C(=O)OC(C)(C)C)C(C)(C)c1ccccc1)C(C)(C)C. The maximum Gasteiger partial charge on any atom is 0.410 e. The molecule has 0 unspecified atom stereocenters. The van der Waals surface area contributed by atoms with Gasteiger partial charge in [0.15, 0.2) is 0 Å². The molecular weight excluding hydrogens is 532 g/mol. The summed E-state index contributed by atoms with van der Waals surface area (Å²) in [6.45, 7) is 20.4. The number of carbonyl (C=O) groups excluding carboxylic acids is 4. The number of hydrogen-bond donors (Lipinski definition) is 2. The number of nitrogens with one attached hydrogen (secondary N) is 2. The molecule has 0 aliphatic carbocycles. The summed E-state index contributed by atoms with van der Waals surface area (Å²) < 4.78 is 5.64. The Morgan fingerprint density at radius 3 is 1.83 bits per heavy atom. The van der Waals surface area contributed by atoms with Crippen LogP contribution < -0.4 is 10.6 Å². The number of hydrogen-bond acceptors (Lipinski definition) is 5. The predicted octanol–water partition coefficient (Wildman–Crippen LogP) is 4.91. The number of nitrogens with zero attached hydrogens (tertiary/aromatic N) is 2. The molecule has 1 aromatic rings. The Morgan fingerprint density at radius 2 is 1.40 bits per heavy atom. The van der Waals surface area contributed by atoms with Crippen molar-refractivity contribution in [3.05, 3.63) is 47.5 Å². The highest BCUT2D eigenvalue weighted by Gasteiger charge is 2.45. The van der Waals surface area contributed by atoms with Gasteiger partial charge in [-0.05, 0) is 44.6 Å². The van der Waals surface area contributed by atoms with Gasteiger partial charge in [0.1, 0.15) is 17.7 Å². The quantitative estimate of drug-likeness (QED) is 0.379. The Kier molecular flexibility index (Phi) is 12.4. The van der Waals surface area contributed by atoms with Crippen molar-refractivity contribution in [2.75, 3.05) is 21.1 Å². The van der Waals surface area contributed by atoms with Crippen LogP contribution >= 0.6 is 0 Å². The summed E-state index contributed by atoms with van der Waals surface area (Å²) in [7, 11) is 4.79. The highest BCUT2D eigenvalue weighted by molar-refractivity contribution is 5.94. The first-order valence-electron chi connectivity index (χ1n) is 14.5. The van der Waals surface area contributed by atoms with Gasteiger partial charge in [0.05, 0.1) is 6.04 Å². The van der Waals surface area contributed by atoms with E-state index in [-0.39, 0.29) is 17.7 Å². The molecular formula is C33H54N4O5. The van der Waals surface area contributed by atoms with Gasteiger partial charge in [-0.15, -0.1) is 0 Å². The lowest BCUT2D eigenvalue weighted by Crippen LogP contribution is -2.63. The molecule has 0 heterocycles. The third-order valence-electron chi connectivity index (χ3n) is 7.40. The minimum absolute atomic E-state index is 0.00191. The molecule has 9 heteroatoms. The summed E-state index contributed by atoms with van der Waals surface area (Å²) in [4.78, 5) is 56.7. The molecule has 4 amide bonds. The van der Waals surface area contributed by atoms with Gasteiger partial charge in [-0.2, -0.15) is 0 Å². The first kappa shape index (κ1) is 36.7. The van der Waals surface area contributed by atoms with Gasteiger partial charge in [-0.1, -0.05) is 84.9 Å². The Morgan fingerprint density at radius 1 is 0.881 bits per heavy atom. The fourth-order valence-corrected chi connectivity index (χ4v) is 4.95. The molecule has 1 rings (SSSR count). The van der Waals surface area contributed by atoms with Crippen LogP contribution in [0.5, 0.6) is 0 Å². The minimum atomic E-state index is -1.01. The van der Waals surface area contributed by atoms with E-state index in [9.17, 15) is 19.2 Å². The molecule has 0 aromatic heterocycles. The predicted molar refractivity (Wildman–Crippen MR) is 168 cm³/mol. The van der Waals surface area contributed by atoms with Crippen molar-refractivity contribution in [1.82, 2.24) is 20.4 Å². The number of ether oxygens (including phenoxy) is 1. The molecule has 236 valence electrons. The van der Waals surface area contributed by atoms with Crippen molar-refractivity contribution in [2.24, 2.45) is 11.3 Å². The number of benzene rings is 1. The molecule has 0 saturated carbocycles. The van der Waals surface area contributed by atoms with Gasteiger partial charge in [-0.25, -0.2) is 4.79 Å². The van der Waals surface area contributed by atoms with E-state index in [2.05, 4.69) is 10.6 Å². The Labute approximate surface area is 253 Å². The van der Waals surface area contributed by atoms with Crippen LogP contribution in [0, 0.1) is 11.3 Å². The number of likely N-dealkylation sites (N-methyl/N-ethyl adjacent to an activating group) is 3. The molecule has 0 spiro atoms. The summed E-state index contributed by atoms with van der Waals surface area (Å²) in [5.41, 5.74) is -0.931. The zero-order valence-corrected chi connectivity index (χ0v) is 28.2. The lowest BCUT2D eigenvalue weighted by atomic mass is 9.76. The average molecular weight is 587 g/mol. The number of amides is 4. The fourth-order valence-electron chi connectivity index (χ4n) is 4.95. The second-order valence-corrected chi connectivity index (χ2v) is 14.0. The molecule has 1 aromatic carbocycles. The van der Waals surface area contributed by atoms with Gasteiger partial charge >= 0.3 is 6.09 Å². The van der Waals surface area contributed by atoms with E-state index in [0.29, 0.717) is 5.57 Å². The van der Waals surface area contributed by atoms with Gasteiger partial charge in [0.2, 0.25) is 17.7 Å². The normalized spacial score (nSPS) is 14.9. The van der Waals surface area contributed by atoms with Crippen LogP contribution in [0.2, 0.25) is 0 Å². The van der Waals surface area contributed by atoms with Crippen molar-refractivity contribution in [2.45, 2.75) is 105 Å². The second kappa shape index (κ2) is 14.2. The monoisotopic (exact) mass is 586 g/mol. The lowest BCUT2D eigenvalue weighted by Gasteiger charge is -2.42. The van der Waals surface area contributed by atoms with E-state index in [0.717, 1.165) is 5.56 Å². The van der Waals surface area contributed by atoms with Crippen molar-refractivity contribution in [3.63, 3.8) is 0 Å². The van der Waals surface area contributed by atoms with Crippen LogP contribution in [0.4, 0.5) is 4.79 Å². The molecule has 42 heavy (non-hydrogen) atoms. The van der Waals surface area contributed by atoms with E-state index in [4.69, 9.17) is 4.74 Å². The first-order chi connectivity index (χ1) is 19.1. The third-order valence-corrected chi connectivity index (χ3v) is 7.40. The van der Waals surface area contributed by atoms with Gasteiger partial charge in [0, 0.05) is 32.1 Å². The van der Waals surface area contributed by atoms with E-state index in [1.165, 1.54) is 4.90 Å². The zero-order valence-electron chi connectivity index (χ0n) is 28.2. The van der Waals surface area contributed by atoms with Gasteiger partial charge < -0.3 is 20.3 Å². The summed E-state index contributed by atoms with van der Waals surface area (Å²) in [6, 6.07) is 7.17. The van der Waals surface area contributed by atoms with Crippen LogP contribution in [0.25, 0.3) is 0 Å². The molecule has 0 fully saturated rings. The fraction of sp³-hybridized carbons (Fsp3) is 0.636. The summed E-state index contributed by atoms with van der Waals surface area (Å²) in [6.07, 6.45) is 1.14. The molecule has 0 radical (unpaired) electrons. The Bertz CT molecular complexity index is 1130. The topological polar surface area (TPSA) is 108 Å². The Balaban J connectivity index is 3.59. The van der Waals surface area contributed by atoms with Crippen LogP contribution in [-0.4, -0.2) is 78.5 Å². The van der Waals surface area contributed by atoms with Gasteiger partial charge in [-0.3, -0.25) is 19.3 Å². The highest BCUT2D eigenvalue weighted by atomic mass is 16.6. The molecule has 3 atom stereocenters. The van der Waals surface area contributed by atoms with E-state index < -0.39 is 46.6 Å². The van der Waals surface area contributed by atoms with Crippen LogP contribution in [0.3, 0.4) is 0 Å². The molecule has 0 bridgehead atoms. The molecule has 2 N–H and O–H groups in total. The second-order valence-electron chi connectivity index (χ2n) is 14.0. The zero-order chi connectivity index (χ0) is 32.8. The maximum atomic E-state index is 14.3. The first-order valence-corrected chi connectivity index (χ1v) is 14.5.